The van der Waals surface area contributed by atoms with Crippen molar-refractivity contribution in [2.75, 3.05) is 26.2 Å². The first-order valence-corrected chi connectivity index (χ1v) is 9.44. The molecule has 0 spiro atoms. The van der Waals surface area contributed by atoms with Crippen LogP contribution in [0.2, 0.25) is 0 Å². The number of aryl methyl sites for hydroxylation is 1. The fourth-order valence-electron chi connectivity index (χ4n) is 3.39. The van der Waals surface area contributed by atoms with E-state index in [9.17, 15) is 14.4 Å². The molecular formula is C20H26ClN5O3. The fourth-order valence-corrected chi connectivity index (χ4v) is 3.39. The van der Waals surface area contributed by atoms with Crippen LogP contribution >= 0.6 is 12.4 Å². The Morgan fingerprint density at radius 1 is 1.28 bits per heavy atom. The lowest BCUT2D eigenvalue weighted by Crippen LogP contribution is -2.47. The molecule has 1 fully saturated rings. The van der Waals surface area contributed by atoms with Crippen LogP contribution < -0.4 is 16.5 Å². The van der Waals surface area contributed by atoms with Gasteiger partial charge in [-0.1, -0.05) is 18.2 Å². The van der Waals surface area contributed by atoms with Gasteiger partial charge in [0.15, 0.2) is 5.69 Å². The lowest BCUT2D eigenvalue weighted by molar-refractivity contribution is -0.126. The van der Waals surface area contributed by atoms with Crippen LogP contribution in [0.25, 0.3) is 5.69 Å². The minimum atomic E-state index is -0.439. The second-order valence-electron chi connectivity index (χ2n) is 6.92. The van der Waals surface area contributed by atoms with Gasteiger partial charge in [-0.3, -0.25) is 14.4 Å². The normalized spacial score (nSPS) is 16.1. The van der Waals surface area contributed by atoms with E-state index in [-0.39, 0.29) is 36.5 Å². The van der Waals surface area contributed by atoms with E-state index in [1.807, 2.05) is 30.3 Å². The summed E-state index contributed by atoms with van der Waals surface area (Å²) in [4.78, 5) is 39.2. The maximum absolute atomic E-state index is 13.0. The van der Waals surface area contributed by atoms with Crippen LogP contribution in [0.3, 0.4) is 0 Å². The predicted molar refractivity (Wildman–Crippen MR) is 113 cm³/mol. The smallest absolute Gasteiger partial charge is 0.278 e. The summed E-state index contributed by atoms with van der Waals surface area (Å²) in [5.41, 5.74) is 6.30. The molecule has 2 amide bonds. The lowest BCUT2D eigenvalue weighted by Gasteiger charge is -2.31. The number of nitrogens with one attached hydrogen (secondary N) is 1. The monoisotopic (exact) mass is 419 g/mol. The van der Waals surface area contributed by atoms with E-state index in [4.69, 9.17) is 5.73 Å². The van der Waals surface area contributed by atoms with E-state index >= 15 is 0 Å². The Balaban J connectivity index is 0.00000300. The number of para-hydroxylation sites is 1. The number of carbonyl (C=O) groups is 2. The Morgan fingerprint density at radius 2 is 2.00 bits per heavy atom. The average molecular weight is 420 g/mol. The molecule has 9 heteroatoms. The van der Waals surface area contributed by atoms with Gasteiger partial charge in [-0.2, -0.15) is 5.10 Å². The second-order valence-corrected chi connectivity index (χ2v) is 6.92. The van der Waals surface area contributed by atoms with Gasteiger partial charge in [0, 0.05) is 37.9 Å². The summed E-state index contributed by atoms with van der Waals surface area (Å²) in [6, 6.07) is 10.8. The minimum Gasteiger partial charge on any atom is -0.355 e. The van der Waals surface area contributed by atoms with Crippen molar-refractivity contribution in [3.63, 3.8) is 0 Å². The number of nitrogens with zero attached hydrogens (tertiary/aromatic N) is 3. The highest BCUT2D eigenvalue weighted by Crippen LogP contribution is 2.18. The zero-order chi connectivity index (χ0) is 20.1. The number of hydrogen-bond donors (Lipinski definition) is 2. The minimum absolute atomic E-state index is 0. The number of hydrogen-bond acceptors (Lipinski definition) is 5. The van der Waals surface area contributed by atoms with Crippen molar-refractivity contribution >= 4 is 24.2 Å². The Morgan fingerprint density at radius 3 is 2.69 bits per heavy atom. The molecule has 1 atom stereocenters. The largest absolute Gasteiger partial charge is 0.355 e. The molecule has 3 rings (SSSR count). The van der Waals surface area contributed by atoms with Crippen LogP contribution in [-0.2, 0) is 4.79 Å². The number of carbonyl (C=O) groups excluding carboxylic acids is 2. The van der Waals surface area contributed by atoms with Gasteiger partial charge < -0.3 is 16.0 Å². The van der Waals surface area contributed by atoms with Crippen LogP contribution in [0.15, 0.2) is 41.2 Å². The van der Waals surface area contributed by atoms with Gasteiger partial charge in [0.05, 0.1) is 11.6 Å². The van der Waals surface area contributed by atoms with Crippen molar-refractivity contribution in [3.8, 4) is 5.69 Å². The van der Waals surface area contributed by atoms with Crippen molar-refractivity contribution in [1.82, 2.24) is 20.0 Å². The van der Waals surface area contributed by atoms with Crippen LogP contribution in [0.5, 0.6) is 0 Å². The van der Waals surface area contributed by atoms with Crippen molar-refractivity contribution in [2.24, 2.45) is 11.7 Å². The molecule has 0 radical (unpaired) electrons. The number of rotatable bonds is 5. The number of amides is 2. The van der Waals surface area contributed by atoms with E-state index in [1.54, 1.807) is 16.5 Å². The van der Waals surface area contributed by atoms with Crippen molar-refractivity contribution in [1.29, 1.82) is 0 Å². The molecule has 29 heavy (non-hydrogen) atoms. The third-order valence-electron chi connectivity index (χ3n) is 4.83. The highest BCUT2D eigenvalue weighted by molar-refractivity contribution is 5.92. The lowest BCUT2D eigenvalue weighted by atomic mass is 9.97. The maximum atomic E-state index is 13.0. The van der Waals surface area contributed by atoms with Gasteiger partial charge in [0.1, 0.15) is 0 Å². The SMILES string of the molecule is Cc1cc(=O)c(C(=O)N2CCCC(C(=O)NCCN)C2)nn1-c1ccccc1.Cl. The van der Waals surface area contributed by atoms with Gasteiger partial charge in [0.2, 0.25) is 11.3 Å². The molecule has 1 aliphatic rings. The topological polar surface area (TPSA) is 110 Å². The number of nitrogens with two attached hydrogens (primary N) is 1. The molecule has 0 bridgehead atoms. The standard InChI is InChI=1S/C20H25N5O3.ClH/c1-14-12-17(26)18(23-25(14)16-7-3-2-4-8-16)20(28)24-11-5-6-15(13-24)19(27)22-10-9-21;/h2-4,7-8,12,15H,5-6,9-11,13,21H2,1H3,(H,22,27);1H. The molecule has 1 aliphatic heterocycles. The third kappa shape index (κ3) is 5.21. The number of benzene rings is 1. The summed E-state index contributed by atoms with van der Waals surface area (Å²) >= 11 is 0. The number of likely N-dealkylation sites (tertiary alicyclic amines) is 1. The average Bonchev–Trinajstić information content (AvgIpc) is 2.72. The highest BCUT2D eigenvalue weighted by Gasteiger charge is 2.30. The van der Waals surface area contributed by atoms with Gasteiger partial charge in [0.25, 0.3) is 5.91 Å². The molecule has 0 saturated carbocycles. The number of aromatic nitrogens is 2. The van der Waals surface area contributed by atoms with Crippen molar-refractivity contribution in [3.05, 3.63) is 58.0 Å². The zero-order valence-corrected chi connectivity index (χ0v) is 17.2. The molecule has 156 valence electrons. The zero-order valence-electron chi connectivity index (χ0n) is 16.3. The molecule has 0 aliphatic carbocycles. The van der Waals surface area contributed by atoms with E-state index in [2.05, 4.69) is 10.4 Å². The summed E-state index contributed by atoms with van der Waals surface area (Å²) in [7, 11) is 0. The van der Waals surface area contributed by atoms with Crippen molar-refractivity contribution in [2.45, 2.75) is 19.8 Å². The van der Waals surface area contributed by atoms with Gasteiger partial charge in [-0.05, 0) is 31.9 Å². The molecule has 8 nitrogen and oxygen atoms in total. The summed E-state index contributed by atoms with van der Waals surface area (Å²) in [6.45, 7) is 3.32. The van der Waals surface area contributed by atoms with E-state index < -0.39 is 11.3 Å². The number of piperidine rings is 1. The molecule has 1 saturated heterocycles. The summed E-state index contributed by atoms with van der Waals surface area (Å²) in [6.07, 6.45) is 1.40. The van der Waals surface area contributed by atoms with Crippen molar-refractivity contribution < 1.29 is 9.59 Å². The Labute approximate surface area is 175 Å². The molecule has 3 N–H and O–H groups in total. The summed E-state index contributed by atoms with van der Waals surface area (Å²) < 4.78 is 1.59. The second kappa shape index (κ2) is 10.2. The maximum Gasteiger partial charge on any atom is 0.278 e. The van der Waals surface area contributed by atoms with Gasteiger partial charge in [-0.25, -0.2) is 4.68 Å². The van der Waals surface area contributed by atoms with E-state index in [0.29, 0.717) is 38.2 Å². The Hall–Kier alpha value is -2.71. The Kier molecular flexibility index (Phi) is 7.92. The molecular weight excluding hydrogens is 394 g/mol. The highest BCUT2D eigenvalue weighted by atomic mass is 35.5. The van der Waals surface area contributed by atoms with Crippen LogP contribution in [0, 0.1) is 12.8 Å². The summed E-state index contributed by atoms with van der Waals surface area (Å²) in [5.74, 6) is -0.849. The van der Waals surface area contributed by atoms with E-state index in [0.717, 1.165) is 5.69 Å². The molecule has 1 unspecified atom stereocenters. The summed E-state index contributed by atoms with van der Waals surface area (Å²) in [5, 5.41) is 7.10. The fraction of sp³-hybridized carbons (Fsp3) is 0.400. The molecule has 1 aromatic carbocycles. The van der Waals surface area contributed by atoms with Gasteiger partial charge in [-0.15, -0.1) is 12.4 Å². The van der Waals surface area contributed by atoms with Gasteiger partial charge >= 0.3 is 0 Å². The quantitative estimate of drug-likeness (QED) is 0.747. The Bertz CT molecular complexity index is 916. The first-order valence-electron chi connectivity index (χ1n) is 9.44. The molecule has 2 heterocycles. The van der Waals surface area contributed by atoms with Crippen LogP contribution in [-0.4, -0.2) is 52.7 Å². The third-order valence-corrected chi connectivity index (χ3v) is 4.83. The van der Waals surface area contributed by atoms with Crippen LogP contribution in [0.4, 0.5) is 0 Å². The first kappa shape index (κ1) is 22.6. The van der Waals surface area contributed by atoms with E-state index in [1.165, 1.54) is 6.07 Å². The predicted octanol–water partition coefficient (Wildman–Crippen LogP) is 0.890. The van der Waals surface area contributed by atoms with Crippen LogP contribution in [0.1, 0.15) is 29.0 Å². The molecule has 1 aromatic heterocycles. The first-order chi connectivity index (χ1) is 13.5. The number of halogens is 1. The molecule has 2 aromatic rings.